The van der Waals surface area contributed by atoms with Crippen LogP contribution in [0.2, 0.25) is 5.02 Å². The number of aliphatic carboxylic acids is 1. The lowest BCUT2D eigenvalue weighted by Gasteiger charge is -2.46. The van der Waals surface area contributed by atoms with Crippen molar-refractivity contribution in [2.45, 2.75) is 12.5 Å². The number of hydrogen-bond acceptors (Lipinski definition) is 3. The summed E-state index contributed by atoms with van der Waals surface area (Å²) in [5.74, 6) is -1.03. The third-order valence-electron chi connectivity index (χ3n) is 3.05. The van der Waals surface area contributed by atoms with E-state index in [1.807, 2.05) is 0 Å². The van der Waals surface area contributed by atoms with Gasteiger partial charge in [0.25, 0.3) is 0 Å². The topological polar surface area (TPSA) is 78.9 Å². The normalized spacial score (nSPS) is 16.2. The molecular formula is C13H14BrClN2O4. The van der Waals surface area contributed by atoms with Gasteiger partial charge in [0.2, 0.25) is 0 Å². The van der Waals surface area contributed by atoms with Crippen LogP contribution in [0.4, 0.5) is 10.5 Å². The number of likely N-dealkylation sites (tertiary alicyclic amines) is 1. The average molecular weight is 378 g/mol. The Morgan fingerprint density at radius 2 is 2.19 bits per heavy atom. The van der Waals surface area contributed by atoms with Crippen molar-refractivity contribution in [2.24, 2.45) is 0 Å². The van der Waals surface area contributed by atoms with E-state index in [2.05, 4.69) is 21.2 Å². The molecule has 1 fully saturated rings. The maximum atomic E-state index is 12.1. The number of carbonyl (C=O) groups is 2. The summed E-state index contributed by atoms with van der Waals surface area (Å²) >= 11 is 9.31. The van der Waals surface area contributed by atoms with E-state index in [1.54, 1.807) is 25.1 Å². The molecule has 2 rings (SSSR count). The lowest BCUT2D eigenvalue weighted by molar-refractivity contribution is -0.159. The van der Waals surface area contributed by atoms with Crippen LogP contribution in [-0.4, -0.2) is 47.3 Å². The van der Waals surface area contributed by atoms with Crippen molar-refractivity contribution >= 4 is 45.2 Å². The monoisotopic (exact) mass is 376 g/mol. The maximum Gasteiger partial charge on any atom is 0.329 e. The Balaban J connectivity index is 1.89. The summed E-state index contributed by atoms with van der Waals surface area (Å²) in [5.41, 5.74) is -0.104. The molecule has 0 aliphatic carbocycles. The van der Waals surface area contributed by atoms with E-state index in [1.165, 1.54) is 4.90 Å². The summed E-state index contributed by atoms with van der Waals surface area (Å²) in [6, 6.07) is 4.86. The molecule has 2 amide bonds. The minimum absolute atomic E-state index is 0.300. The van der Waals surface area contributed by atoms with E-state index in [0.29, 0.717) is 23.8 Å². The smallest absolute Gasteiger partial charge is 0.329 e. The largest absolute Gasteiger partial charge is 0.480 e. The molecule has 1 aliphatic rings. The zero-order valence-electron chi connectivity index (χ0n) is 11.2. The molecule has 1 aromatic carbocycles. The van der Waals surface area contributed by atoms with Gasteiger partial charge in [-0.3, -0.25) is 0 Å². The number of carboxylic acid groups (broad SMARTS) is 1. The molecule has 0 aromatic heterocycles. The number of nitrogens with one attached hydrogen (secondary N) is 1. The fourth-order valence-corrected chi connectivity index (χ4v) is 2.55. The first-order valence-corrected chi connectivity index (χ1v) is 7.33. The number of urea groups is 1. The number of carbonyl (C=O) groups excluding carboxylic acids is 1. The number of carboxylic acids is 1. The Morgan fingerprint density at radius 1 is 1.52 bits per heavy atom. The van der Waals surface area contributed by atoms with Crippen LogP contribution in [0.1, 0.15) is 6.92 Å². The van der Waals surface area contributed by atoms with E-state index in [4.69, 9.17) is 21.4 Å². The molecule has 0 atom stereocenters. The van der Waals surface area contributed by atoms with Gasteiger partial charge in [0.05, 0.1) is 23.8 Å². The molecule has 1 aromatic rings. The number of anilines is 1. The molecular weight excluding hydrogens is 364 g/mol. The second-order valence-electron chi connectivity index (χ2n) is 5.04. The molecule has 1 saturated heterocycles. The van der Waals surface area contributed by atoms with Crippen LogP contribution in [0, 0.1) is 0 Å². The van der Waals surface area contributed by atoms with Crippen molar-refractivity contribution in [1.82, 2.24) is 4.90 Å². The third kappa shape index (κ3) is 4.09. The van der Waals surface area contributed by atoms with Crippen LogP contribution in [-0.2, 0) is 9.53 Å². The fraction of sp³-hybridized carbons (Fsp3) is 0.385. The van der Waals surface area contributed by atoms with Crippen LogP contribution in [0.15, 0.2) is 22.7 Å². The number of halogens is 2. The van der Waals surface area contributed by atoms with Crippen molar-refractivity contribution < 1.29 is 19.4 Å². The predicted octanol–water partition coefficient (Wildman–Crippen LogP) is 2.81. The van der Waals surface area contributed by atoms with Crippen LogP contribution < -0.4 is 5.32 Å². The molecule has 1 heterocycles. The van der Waals surface area contributed by atoms with Crippen LogP contribution in [0.3, 0.4) is 0 Å². The van der Waals surface area contributed by atoms with Crippen molar-refractivity contribution in [3.63, 3.8) is 0 Å². The van der Waals surface area contributed by atoms with Gasteiger partial charge in [0, 0.05) is 4.47 Å². The zero-order valence-corrected chi connectivity index (χ0v) is 13.6. The van der Waals surface area contributed by atoms with E-state index in [-0.39, 0.29) is 12.6 Å². The van der Waals surface area contributed by atoms with Gasteiger partial charge in [0.15, 0.2) is 0 Å². The van der Waals surface area contributed by atoms with E-state index < -0.39 is 11.6 Å². The second-order valence-corrected chi connectivity index (χ2v) is 6.37. The fourth-order valence-electron chi connectivity index (χ4n) is 2.02. The van der Waals surface area contributed by atoms with E-state index in [9.17, 15) is 9.59 Å². The molecule has 6 nitrogen and oxygen atoms in total. The molecule has 21 heavy (non-hydrogen) atoms. The summed E-state index contributed by atoms with van der Waals surface area (Å²) in [6.07, 6.45) is 0. The molecule has 0 saturated carbocycles. The van der Waals surface area contributed by atoms with Gasteiger partial charge in [-0.2, -0.15) is 0 Å². The summed E-state index contributed by atoms with van der Waals surface area (Å²) in [5, 5.41) is 11.7. The average Bonchev–Trinajstić information content (AvgIpc) is 2.37. The highest BCUT2D eigenvalue weighted by atomic mass is 79.9. The Morgan fingerprint density at radius 3 is 2.81 bits per heavy atom. The Kier molecular flexibility index (Phi) is 4.75. The van der Waals surface area contributed by atoms with Gasteiger partial charge < -0.3 is 20.1 Å². The lowest BCUT2D eigenvalue weighted by Crippen LogP contribution is -2.64. The van der Waals surface area contributed by atoms with Crippen molar-refractivity contribution in [1.29, 1.82) is 0 Å². The molecule has 0 radical (unpaired) electrons. The zero-order chi connectivity index (χ0) is 15.6. The van der Waals surface area contributed by atoms with Crippen LogP contribution in [0.25, 0.3) is 0 Å². The minimum atomic E-state index is -1.03. The van der Waals surface area contributed by atoms with Gasteiger partial charge in [-0.25, -0.2) is 9.59 Å². The predicted molar refractivity (Wildman–Crippen MR) is 81.7 cm³/mol. The number of hydrogen-bond donors (Lipinski definition) is 2. The van der Waals surface area contributed by atoms with Crippen molar-refractivity contribution in [2.75, 3.05) is 25.0 Å². The summed E-state index contributed by atoms with van der Waals surface area (Å²) < 4.78 is 6.05. The molecule has 8 heteroatoms. The highest BCUT2D eigenvalue weighted by molar-refractivity contribution is 9.10. The van der Waals surface area contributed by atoms with Crippen LogP contribution >= 0.6 is 27.5 Å². The maximum absolute atomic E-state index is 12.1. The van der Waals surface area contributed by atoms with Gasteiger partial charge in [-0.1, -0.05) is 27.5 Å². The number of rotatable bonds is 4. The van der Waals surface area contributed by atoms with Crippen LogP contribution in [0.5, 0.6) is 0 Å². The number of nitrogens with zero attached hydrogens (tertiary/aromatic N) is 1. The number of amides is 2. The SMILES string of the molecule is CC1(OCC(=O)O)CN(C(=O)Nc2cc(Br)ccc2Cl)C1. The Hall–Kier alpha value is -1.31. The van der Waals surface area contributed by atoms with Crippen molar-refractivity contribution in [3.05, 3.63) is 27.7 Å². The van der Waals surface area contributed by atoms with Crippen molar-refractivity contribution in [3.8, 4) is 0 Å². The summed E-state index contributed by atoms with van der Waals surface area (Å²) in [7, 11) is 0. The van der Waals surface area contributed by atoms with Gasteiger partial charge in [-0.05, 0) is 25.1 Å². The molecule has 0 spiro atoms. The van der Waals surface area contributed by atoms with E-state index >= 15 is 0 Å². The first-order chi connectivity index (χ1) is 9.79. The minimum Gasteiger partial charge on any atom is -0.480 e. The third-order valence-corrected chi connectivity index (χ3v) is 3.87. The van der Waals surface area contributed by atoms with Gasteiger partial charge in [0.1, 0.15) is 12.2 Å². The standard InChI is InChI=1S/C13H14BrClN2O4/c1-13(21-5-11(18)19)6-17(7-13)12(20)16-10-4-8(14)2-3-9(10)15/h2-4H,5-7H2,1H3,(H,16,20)(H,18,19). The quantitative estimate of drug-likeness (QED) is 0.846. The molecule has 2 N–H and O–H groups in total. The highest BCUT2D eigenvalue weighted by Crippen LogP contribution is 2.28. The molecule has 1 aliphatic heterocycles. The Labute approximate surface area is 135 Å². The van der Waals surface area contributed by atoms with E-state index in [0.717, 1.165) is 4.47 Å². The summed E-state index contributed by atoms with van der Waals surface area (Å²) in [6.45, 7) is 2.06. The number of ether oxygens (including phenoxy) is 1. The molecule has 0 unspecified atom stereocenters. The molecule has 114 valence electrons. The highest BCUT2D eigenvalue weighted by Gasteiger charge is 2.42. The lowest BCUT2D eigenvalue weighted by atomic mass is 9.97. The number of benzene rings is 1. The second kappa shape index (κ2) is 6.21. The Bertz CT molecular complexity index is 575. The summed E-state index contributed by atoms with van der Waals surface area (Å²) in [4.78, 5) is 24.1. The molecule has 0 bridgehead atoms. The first kappa shape index (κ1) is 16.1. The van der Waals surface area contributed by atoms with Gasteiger partial charge in [-0.15, -0.1) is 0 Å². The first-order valence-electron chi connectivity index (χ1n) is 6.16. The van der Waals surface area contributed by atoms with Gasteiger partial charge >= 0.3 is 12.0 Å².